The largest absolute Gasteiger partial charge is 0.394 e. The van der Waals surface area contributed by atoms with Gasteiger partial charge in [0.2, 0.25) is 0 Å². The zero-order chi connectivity index (χ0) is 25.3. The van der Waals surface area contributed by atoms with Gasteiger partial charge in [0.1, 0.15) is 73.2 Å². The van der Waals surface area contributed by atoms with Gasteiger partial charge in [-0.25, -0.2) is 0 Å². The number of aliphatic hydroxyl groups is 11. The lowest BCUT2D eigenvalue weighted by Crippen LogP contribution is -2.66. The standard InChI is InChI=1S/C18H32O16.CH4/c19-1-4-7(22)10(25)11(26)17(31-4)34-15-9(24)6(3-21)32-18(13(15)28)33-14-8(23)5(2-20)30-16(29)12(14)27;/h4-29H,1-3H2;1H4/t4-,5-,6-,7-,8-,9-,10+,11-,12-,13-,14+,15+,16?,17?,18?;/m1./s1. The molecule has 16 heteroatoms. The van der Waals surface area contributed by atoms with Gasteiger partial charge in [-0.3, -0.25) is 0 Å². The highest BCUT2D eigenvalue weighted by Crippen LogP contribution is 2.32. The maximum Gasteiger partial charge on any atom is 0.187 e. The summed E-state index contributed by atoms with van der Waals surface area (Å²) in [7, 11) is 0. The Morgan fingerprint density at radius 1 is 0.457 bits per heavy atom. The summed E-state index contributed by atoms with van der Waals surface area (Å²) >= 11 is 0. The third-order valence-corrected chi connectivity index (χ3v) is 6.09. The molecule has 208 valence electrons. The molecule has 0 bridgehead atoms. The average molecular weight is 520 g/mol. The van der Waals surface area contributed by atoms with E-state index in [1.54, 1.807) is 0 Å². The van der Waals surface area contributed by atoms with Crippen molar-refractivity contribution in [3.05, 3.63) is 0 Å². The van der Waals surface area contributed by atoms with Crippen molar-refractivity contribution in [3.63, 3.8) is 0 Å². The van der Waals surface area contributed by atoms with E-state index in [-0.39, 0.29) is 7.43 Å². The fraction of sp³-hybridized carbons (Fsp3) is 1.00. The van der Waals surface area contributed by atoms with Gasteiger partial charge in [-0.15, -0.1) is 0 Å². The molecule has 3 saturated heterocycles. The summed E-state index contributed by atoms with van der Waals surface area (Å²) in [6.45, 7) is -2.33. The molecule has 0 aliphatic carbocycles. The number of hydrogen-bond donors (Lipinski definition) is 11. The molecule has 0 amide bonds. The van der Waals surface area contributed by atoms with Gasteiger partial charge in [0, 0.05) is 0 Å². The summed E-state index contributed by atoms with van der Waals surface area (Å²) in [6.07, 6.45) is -25.5. The molecule has 3 aliphatic rings. The van der Waals surface area contributed by atoms with Crippen LogP contribution in [0.25, 0.3) is 0 Å². The molecule has 3 fully saturated rings. The highest BCUT2D eigenvalue weighted by atomic mass is 16.7. The first kappa shape index (κ1) is 30.6. The molecule has 11 N–H and O–H groups in total. The molecule has 3 unspecified atom stereocenters. The molecule has 0 aromatic carbocycles. The topological polar surface area (TPSA) is 269 Å². The molecule has 0 aromatic heterocycles. The van der Waals surface area contributed by atoms with Gasteiger partial charge in [-0.1, -0.05) is 7.43 Å². The van der Waals surface area contributed by atoms with E-state index in [1.165, 1.54) is 0 Å². The first-order chi connectivity index (χ1) is 16.0. The molecular weight excluding hydrogens is 484 g/mol. The second-order valence-corrected chi connectivity index (χ2v) is 8.33. The quantitative estimate of drug-likeness (QED) is 0.149. The Bertz CT molecular complexity index is 640. The van der Waals surface area contributed by atoms with E-state index in [0.29, 0.717) is 0 Å². The smallest absolute Gasteiger partial charge is 0.187 e. The Morgan fingerprint density at radius 2 is 0.857 bits per heavy atom. The van der Waals surface area contributed by atoms with E-state index in [1.807, 2.05) is 0 Å². The van der Waals surface area contributed by atoms with Crippen LogP contribution in [0, 0.1) is 0 Å². The van der Waals surface area contributed by atoms with Crippen molar-refractivity contribution in [2.24, 2.45) is 0 Å². The van der Waals surface area contributed by atoms with Crippen molar-refractivity contribution in [1.82, 2.24) is 0 Å². The van der Waals surface area contributed by atoms with E-state index in [2.05, 4.69) is 0 Å². The lowest BCUT2D eigenvalue weighted by molar-refractivity contribution is -0.379. The Labute approximate surface area is 200 Å². The highest BCUT2D eigenvalue weighted by Gasteiger charge is 2.53. The summed E-state index contributed by atoms with van der Waals surface area (Å²) in [6, 6.07) is 0. The van der Waals surface area contributed by atoms with Gasteiger partial charge in [-0.2, -0.15) is 0 Å². The second-order valence-electron chi connectivity index (χ2n) is 8.33. The molecule has 0 spiro atoms. The van der Waals surface area contributed by atoms with Crippen molar-refractivity contribution < 1.29 is 79.9 Å². The minimum atomic E-state index is -1.92. The van der Waals surface area contributed by atoms with E-state index in [4.69, 9.17) is 23.7 Å². The van der Waals surface area contributed by atoms with E-state index in [9.17, 15) is 56.2 Å². The predicted molar refractivity (Wildman–Crippen MR) is 108 cm³/mol. The van der Waals surface area contributed by atoms with Crippen LogP contribution in [0.4, 0.5) is 0 Å². The summed E-state index contributed by atoms with van der Waals surface area (Å²) in [5, 5.41) is 110. The summed E-state index contributed by atoms with van der Waals surface area (Å²) in [4.78, 5) is 0. The Balaban J connectivity index is 0.00000432. The zero-order valence-corrected chi connectivity index (χ0v) is 17.7. The monoisotopic (exact) mass is 520 g/mol. The van der Waals surface area contributed by atoms with Gasteiger partial charge in [0.15, 0.2) is 18.9 Å². The van der Waals surface area contributed by atoms with Crippen LogP contribution in [0.1, 0.15) is 7.43 Å². The van der Waals surface area contributed by atoms with Crippen LogP contribution in [0.15, 0.2) is 0 Å². The van der Waals surface area contributed by atoms with Crippen LogP contribution >= 0.6 is 0 Å². The number of rotatable bonds is 7. The summed E-state index contributed by atoms with van der Waals surface area (Å²) < 4.78 is 26.2. The third kappa shape index (κ3) is 6.10. The molecular formula is C19H36O16. The van der Waals surface area contributed by atoms with E-state index >= 15 is 0 Å². The van der Waals surface area contributed by atoms with Crippen molar-refractivity contribution in [3.8, 4) is 0 Å². The minimum Gasteiger partial charge on any atom is -0.394 e. The molecule has 35 heavy (non-hydrogen) atoms. The molecule has 0 radical (unpaired) electrons. The molecule has 3 rings (SSSR count). The van der Waals surface area contributed by atoms with Crippen molar-refractivity contribution in [1.29, 1.82) is 0 Å². The summed E-state index contributed by atoms with van der Waals surface area (Å²) in [5.74, 6) is 0. The van der Waals surface area contributed by atoms with Crippen molar-refractivity contribution in [2.45, 2.75) is 99.5 Å². The van der Waals surface area contributed by atoms with Crippen molar-refractivity contribution >= 4 is 0 Å². The fourth-order valence-corrected chi connectivity index (χ4v) is 4.04. The van der Waals surface area contributed by atoms with Gasteiger partial charge in [-0.05, 0) is 0 Å². The van der Waals surface area contributed by atoms with Gasteiger partial charge < -0.3 is 79.9 Å². The van der Waals surface area contributed by atoms with Crippen LogP contribution in [0.5, 0.6) is 0 Å². The molecule has 3 heterocycles. The molecule has 16 nitrogen and oxygen atoms in total. The zero-order valence-electron chi connectivity index (χ0n) is 17.7. The first-order valence-electron chi connectivity index (χ1n) is 10.6. The van der Waals surface area contributed by atoms with Gasteiger partial charge in [0.25, 0.3) is 0 Å². The highest BCUT2D eigenvalue weighted by molar-refractivity contribution is 4.96. The Kier molecular flexibility index (Phi) is 11.1. The Hall–Kier alpha value is -0.640. The lowest BCUT2D eigenvalue weighted by atomic mass is 9.96. The lowest BCUT2D eigenvalue weighted by Gasteiger charge is -2.47. The molecule has 0 saturated carbocycles. The van der Waals surface area contributed by atoms with Crippen molar-refractivity contribution in [2.75, 3.05) is 19.8 Å². The molecule has 15 atom stereocenters. The summed E-state index contributed by atoms with van der Waals surface area (Å²) in [5.41, 5.74) is 0. The first-order valence-corrected chi connectivity index (χ1v) is 10.6. The maximum absolute atomic E-state index is 10.7. The molecule has 0 aromatic rings. The van der Waals surface area contributed by atoms with E-state index in [0.717, 1.165) is 0 Å². The van der Waals surface area contributed by atoms with Gasteiger partial charge >= 0.3 is 0 Å². The normalized spacial score (nSPS) is 51.0. The van der Waals surface area contributed by atoms with E-state index < -0.39 is 112 Å². The predicted octanol–water partition coefficient (Wildman–Crippen LogP) is -6.94. The minimum absolute atomic E-state index is 0. The Morgan fingerprint density at radius 3 is 1.34 bits per heavy atom. The van der Waals surface area contributed by atoms with Gasteiger partial charge in [0.05, 0.1) is 19.8 Å². The molecule has 3 aliphatic heterocycles. The number of aliphatic hydroxyl groups excluding tert-OH is 11. The van der Waals surface area contributed by atoms with Crippen LogP contribution < -0.4 is 0 Å². The number of ether oxygens (including phenoxy) is 5. The fourth-order valence-electron chi connectivity index (χ4n) is 4.04. The van der Waals surface area contributed by atoms with Crippen LogP contribution in [0.3, 0.4) is 0 Å². The van der Waals surface area contributed by atoms with Crippen LogP contribution in [-0.4, -0.2) is 168 Å². The SMILES string of the molecule is C.OC[C@H]1OC(O[C@H]2[C@H](O)[C@@H](CO)OC(O[C@H]3[C@H](O)[C@@H](CO)OC(O)[C@@H]3O)[C@@H]2O)[C@H](O)[C@@H](O)[C@@H]1O. The second kappa shape index (κ2) is 12.7. The third-order valence-electron chi connectivity index (χ3n) is 6.09. The number of hydrogen-bond acceptors (Lipinski definition) is 16. The average Bonchev–Trinajstić information content (AvgIpc) is 2.82. The maximum atomic E-state index is 10.7. The van der Waals surface area contributed by atoms with Crippen LogP contribution in [0.2, 0.25) is 0 Å². The van der Waals surface area contributed by atoms with Crippen LogP contribution in [-0.2, 0) is 23.7 Å².